The number of anilines is 2. The molecule has 1 atom stereocenters. The van der Waals surface area contributed by atoms with Gasteiger partial charge in [-0.25, -0.2) is 0 Å². The molecular weight excluding hydrogens is 554 g/mol. The zero-order valence-electron chi connectivity index (χ0n) is 25.5. The van der Waals surface area contributed by atoms with E-state index >= 15 is 0 Å². The summed E-state index contributed by atoms with van der Waals surface area (Å²) < 4.78 is 6.11. The number of carbonyl (C=O) groups is 2. The Labute approximate surface area is 258 Å². The van der Waals surface area contributed by atoms with Crippen LogP contribution in [0, 0.1) is 24.2 Å². The molecule has 228 valence electrons. The molecule has 0 radical (unpaired) electrons. The lowest BCUT2D eigenvalue weighted by atomic mass is 9.99. The molecule has 0 bridgehead atoms. The summed E-state index contributed by atoms with van der Waals surface area (Å²) in [6.07, 6.45) is 4.22. The van der Waals surface area contributed by atoms with E-state index in [-0.39, 0.29) is 42.8 Å². The van der Waals surface area contributed by atoms with Gasteiger partial charge in [0.25, 0.3) is 0 Å². The summed E-state index contributed by atoms with van der Waals surface area (Å²) >= 11 is 0. The van der Waals surface area contributed by atoms with Crippen LogP contribution in [0.25, 0.3) is 10.8 Å². The summed E-state index contributed by atoms with van der Waals surface area (Å²) in [4.78, 5) is 42.8. The Hall–Kier alpha value is -4.65. The molecular formula is C34H39N7O3. The molecule has 3 aromatic rings. The van der Waals surface area contributed by atoms with E-state index in [9.17, 15) is 14.9 Å². The Morgan fingerprint density at radius 1 is 1.14 bits per heavy atom. The van der Waals surface area contributed by atoms with E-state index in [1.54, 1.807) is 9.80 Å². The average molecular weight is 594 g/mol. The van der Waals surface area contributed by atoms with Crippen LogP contribution in [0.1, 0.15) is 36.1 Å². The third-order valence-electron chi connectivity index (χ3n) is 8.98. The number of benzene rings is 2. The van der Waals surface area contributed by atoms with Crippen LogP contribution in [0.2, 0.25) is 0 Å². The first-order valence-corrected chi connectivity index (χ1v) is 15.4. The smallest absolute Gasteiger partial charge is 0.318 e. The third-order valence-corrected chi connectivity index (χ3v) is 8.98. The van der Waals surface area contributed by atoms with Crippen LogP contribution in [0.15, 0.2) is 49.1 Å². The first kappa shape index (κ1) is 29.4. The van der Waals surface area contributed by atoms with E-state index in [0.29, 0.717) is 32.7 Å². The van der Waals surface area contributed by atoms with Crippen molar-refractivity contribution in [1.82, 2.24) is 19.8 Å². The van der Waals surface area contributed by atoms with Crippen LogP contribution in [-0.4, -0.2) is 84.0 Å². The first-order chi connectivity index (χ1) is 21.4. The number of fused-ring (bicyclic) bond motifs is 2. The van der Waals surface area contributed by atoms with Gasteiger partial charge in [-0.05, 0) is 49.3 Å². The minimum Gasteiger partial charge on any atom is -0.462 e. The number of aromatic nitrogens is 2. The van der Waals surface area contributed by atoms with Crippen molar-refractivity contribution >= 4 is 34.1 Å². The highest BCUT2D eigenvalue weighted by molar-refractivity contribution is 5.97. The molecule has 0 unspecified atom stereocenters. The number of aryl methyl sites for hydroxylation is 1. The van der Waals surface area contributed by atoms with E-state index in [2.05, 4.69) is 65.8 Å². The number of rotatable bonds is 9. The van der Waals surface area contributed by atoms with Crippen molar-refractivity contribution in [1.29, 1.82) is 5.26 Å². The number of hydrogen-bond acceptors (Lipinski definition) is 8. The highest BCUT2D eigenvalue weighted by Gasteiger charge is 2.34. The van der Waals surface area contributed by atoms with E-state index in [0.717, 1.165) is 42.9 Å². The van der Waals surface area contributed by atoms with Crippen molar-refractivity contribution in [2.45, 2.75) is 45.2 Å². The van der Waals surface area contributed by atoms with Crippen molar-refractivity contribution in [2.75, 3.05) is 56.2 Å². The molecule has 1 aliphatic carbocycles. The van der Waals surface area contributed by atoms with E-state index in [1.165, 1.54) is 28.1 Å². The normalized spacial score (nSPS) is 18.0. The van der Waals surface area contributed by atoms with Crippen molar-refractivity contribution < 1.29 is 14.3 Å². The quantitative estimate of drug-likeness (QED) is 0.345. The zero-order chi connectivity index (χ0) is 30.8. The van der Waals surface area contributed by atoms with Crippen LogP contribution in [0.4, 0.5) is 11.5 Å². The van der Waals surface area contributed by atoms with Gasteiger partial charge in [-0.15, -0.1) is 0 Å². The fourth-order valence-corrected chi connectivity index (χ4v) is 6.45. The largest absolute Gasteiger partial charge is 0.462 e. The minimum atomic E-state index is -0.268. The Morgan fingerprint density at radius 3 is 2.68 bits per heavy atom. The number of likely N-dealkylation sites (N-methyl/N-ethyl adjacent to an activating group) is 1. The van der Waals surface area contributed by atoms with Crippen LogP contribution in [0.5, 0.6) is 6.01 Å². The third kappa shape index (κ3) is 5.91. The van der Waals surface area contributed by atoms with Gasteiger partial charge in [0, 0.05) is 55.8 Å². The molecule has 1 saturated heterocycles. The Morgan fingerprint density at radius 2 is 1.93 bits per heavy atom. The molecule has 3 heterocycles. The fourth-order valence-electron chi connectivity index (χ4n) is 6.45. The maximum atomic E-state index is 12.5. The number of amides is 2. The number of nitrogens with zero attached hydrogens (tertiary/aromatic N) is 7. The van der Waals surface area contributed by atoms with Gasteiger partial charge in [0.1, 0.15) is 12.4 Å². The van der Waals surface area contributed by atoms with Crippen LogP contribution < -0.4 is 14.5 Å². The second kappa shape index (κ2) is 12.5. The second-order valence-electron chi connectivity index (χ2n) is 12.0. The van der Waals surface area contributed by atoms with Crippen molar-refractivity contribution in [2.24, 2.45) is 5.92 Å². The van der Waals surface area contributed by atoms with E-state index in [4.69, 9.17) is 14.7 Å². The van der Waals surface area contributed by atoms with Crippen molar-refractivity contribution in [3.05, 3.63) is 65.9 Å². The summed E-state index contributed by atoms with van der Waals surface area (Å²) in [5, 5.41) is 12.0. The van der Waals surface area contributed by atoms with Crippen molar-refractivity contribution in [3.63, 3.8) is 0 Å². The zero-order valence-corrected chi connectivity index (χ0v) is 25.5. The highest BCUT2D eigenvalue weighted by Crippen LogP contribution is 2.36. The molecule has 0 N–H and O–H groups in total. The summed E-state index contributed by atoms with van der Waals surface area (Å²) in [5.41, 5.74) is 4.40. The molecule has 2 fully saturated rings. The maximum Gasteiger partial charge on any atom is 0.318 e. The summed E-state index contributed by atoms with van der Waals surface area (Å²) in [6, 6.07) is 15.1. The molecule has 3 aliphatic rings. The van der Waals surface area contributed by atoms with Gasteiger partial charge in [-0.3, -0.25) is 9.59 Å². The topological polar surface area (TPSA) is 106 Å². The SMILES string of the molecule is C=CC(=O)N1CCN(c2nc(OCCN(C)C(=O)C3CC3)nc3c2CCN(c2cccc4cccc(C)c24)C3)C[C@@H]1CC#N. The Bertz CT molecular complexity index is 1620. The number of hydrogen-bond donors (Lipinski definition) is 0. The van der Waals surface area contributed by atoms with E-state index in [1.807, 2.05) is 7.05 Å². The lowest BCUT2D eigenvalue weighted by Crippen LogP contribution is -2.55. The number of nitriles is 1. The molecule has 6 rings (SSSR count). The monoisotopic (exact) mass is 593 g/mol. The predicted octanol–water partition coefficient (Wildman–Crippen LogP) is 3.87. The fraction of sp³-hybridized carbons (Fsp3) is 0.441. The van der Waals surface area contributed by atoms with Crippen LogP contribution in [0.3, 0.4) is 0 Å². The molecule has 0 spiro atoms. The van der Waals surface area contributed by atoms with Gasteiger partial charge >= 0.3 is 6.01 Å². The van der Waals surface area contributed by atoms with Gasteiger partial charge in [0.15, 0.2) is 0 Å². The van der Waals surface area contributed by atoms with Crippen LogP contribution >= 0.6 is 0 Å². The minimum absolute atomic E-state index is 0.156. The lowest BCUT2D eigenvalue weighted by molar-refractivity contribution is -0.131. The first-order valence-electron chi connectivity index (χ1n) is 15.4. The van der Waals surface area contributed by atoms with Crippen LogP contribution in [-0.2, 0) is 22.6 Å². The van der Waals surface area contributed by atoms with Gasteiger partial charge in [-0.1, -0.05) is 36.9 Å². The molecule has 1 saturated carbocycles. The Balaban J connectivity index is 1.30. The number of carbonyl (C=O) groups excluding carboxylic acids is 2. The molecule has 10 nitrogen and oxygen atoms in total. The molecule has 2 aromatic carbocycles. The predicted molar refractivity (Wildman–Crippen MR) is 169 cm³/mol. The molecule has 2 amide bonds. The number of ether oxygens (including phenoxy) is 1. The molecule has 44 heavy (non-hydrogen) atoms. The average Bonchev–Trinajstić information content (AvgIpc) is 3.89. The second-order valence-corrected chi connectivity index (χ2v) is 12.0. The number of piperazine rings is 1. The summed E-state index contributed by atoms with van der Waals surface area (Å²) in [7, 11) is 1.81. The lowest BCUT2D eigenvalue weighted by Gasteiger charge is -2.42. The highest BCUT2D eigenvalue weighted by atomic mass is 16.5. The maximum absolute atomic E-state index is 12.5. The van der Waals surface area contributed by atoms with Crippen molar-refractivity contribution in [3.8, 4) is 12.1 Å². The Kier molecular flexibility index (Phi) is 8.38. The summed E-state index contributed by atoms with van der Waals surface area (Å²) in [6.45, 7) is 9.49. The van der Waals surface area contributed by atoms with E-state index < -0.39 is 0 Å². The van der Waals surface area contributed by atoms with Gasteiger partial charge in [-0.2, -0.15) is 15.2 Å². The van der Waals surface area contributed by atoms with Gasteiger partial charge < -0.3 is 24.3 Å². The van der Waals surface area contributed by atoms with Gasteiger partial charge in [0.2, 0.25) is 11.8 Å². The summed E-state index contributed by atoms with van der Waals surface area (Å²) in [5.74, 6) is 0.958. The van der Waals surface area contributed by atoms with Gasteiger partial charge in [0.05, 0.1) is 37.3 Å². The molecule has 1 aromatic heterocycles. The standard InChI is InChI=1S/C34H39N7O3/c1-4-30(42)41-18-17-40(21-26(41)13-15-35)32-27-14-16-39(29-10-6-9-24-8-5-7-23(2)31(24)29)22-28(27)36-34(37-32)44-20-19-38(3)33(43)25-11-12-25/h4-10,25-26H,1,11-14,16-22H2,2-3H3/t26-/m0/s1. The molecule has 10 heteroatoms. The molecule has 2 aliphatic heterocycles.